The fourth-order valence-electron chi connectivity index (χ4n) is 3.14. The minimum atomic E-state index is -0.0204. The standard InChI is InChI=1S/C19H22N6O/c1-13-14(2)23-24-18(17(13)10-20)25-8-5-16(6-9-25)19(26)22-12-15-4-3-7-21-11-15/h3-4,7,11,16H,5-6,8-9,12H2,1-2H3,(H,22,26). The van der Waals surface area contributed by atoms with Crippen molar-refractivity contribution in [1.82, 2.24) is 20.5 Å². The topological polar surface area (TPSA) is 94.8 Å². The number of hydrogen-bond donors (Lipinski definition) is 1. The number of pyridine rings is 1. The van der Waals surface area contributed by atoms with Gasteiger partial charge in [0.1, 0.15) is 11.6 Å². The van der Waals surface area contributed by atoms with Gasteiger partial charge in [-0.25, -0.2) is 0 Å². The van der Waals surface area contributed by atoms with Crippen molar-refractivity contribution >= 4 is 11.7 Å². The van der Waals surface area contributed by atoms with E-state index in [9.17, 15) is 10.1 Å². The number of carbonyl (C=O) groups is 1. The largest absolute Gasteiger partial charge is 0.354 e. The van der Waals surface area contributed by atoms with Gasteiger partial charge in [-0.2, -0.15) is 10.4 Å². The molecule has 0 aliphatic carbocycles. The van der Waals surface area contributed by atoms with Crippen molar-refractivity contribution in [3.63, 3.8) is 0 Å². The number of hydrogen-bond acceptors (Lipinski definition) is 6. The van der Waals surface area contributed by atoms with E-state index in [1.54, 1.807) is 12.4 Å². The Bertz CT molecular complexity index is 822. The van der Waals surface area contributed by atoms with Crippen LogP contribution >= 0.6 is 0 Å². The number of nitrogens with zero attached hydrogens (tertiary/aromatic N) is 5. The molecular weight excluding hydrogens is 328 g/mol. The molecule has 1 aliphatic rings. The van der Waals surface area contributed by atoms with Crippen LogP contribution in [0.2, 0.25) is 0 Å². The van der Waals surface area contributed by atoms with Crippen LogP contribution < -0.4 is 10.2 Å². The summed E-state index contributed by atoms with van der Waals surface area (Å²) in [5.74, 6) is 0.679. The molecule has 7 heteroatoms. The molecule has 0 spiro atoms. The van der Waals surface area contributed by atoms with E-state index >= 15 is 0 Å². The Morgan fingerprint density at radius 2 is 2.12 bits per heavy atom. The van der Waals surface area contributed by atoms with E-state index in [2.05, 4.69) is 31.5 Å². The first kappa shape index (κ1) is 17.8. The maximum absolute atomic E-state index is 12.4. The molecule has 134 valence electrons. The fourth-order valence-corrected chi connectivity index (χ4v) is 3.14. The quantitative estimate of drug-likeness (QED) is 0.905. The number of anilines is 1. The van der Waals surface area contributed by atoms with Crippen molar-refractivity contribution in [3.8, 4) is 6.07 Å². The lowest BCUT2D eigenvalue weighted by atomic mass is 9.95. The number of piperidine rings is 1. The first-order valence-electron chi connectivity index (χ1n) is 8.75. The smallest absolute Gasteiger partial charge is 0.223 e. The molecular formula is C19H22N6O. The molecule has 7 nitrogen and oxygen atoms in total. The Balaban J connectivity index is 1.58. The van der Waals surface area contributed by atoms with Gasteiger partial charge < -0.3 is 10.2 Å². The normalized spacial score (nSPS) is 14.7. The van der Waals surface area contributed by atoms with Gasteiger partial charge in [0.25, 0.3) is 0 Å². The fraction of sp³-hybridized carbons (Fsp3) is 0.421. The van der Waals surface area contributed by atoms with Gasteiger partial charge in [-0.05, 0) is 43.9 Å². The third-order valence-electron chi connectivity index (χ3n) is 4.90. The van der Waals surface area contributed by atoms with Crippen LogP contribution in [0.5, 0.6) is 0 Å². The maximum Gasteiger partial charge on any atom is 0.223 e. The van der Waals surface area contributed by atoms with Gasteiger partial charge in [0.15, 0.2) is 5.82 Å². The van der Waals surface area contributed by atoms with Crippen LogP contribution in [-0.4, -0.2) is 34.2 Å². The highest BCUT2D eigenvalue weighted by Gasteiger charge is 2.27. The van der Waals surface area contributed by atoms with Crippen molar-refractivity contribution in [2.45, 2.75) is 33.2 Å². The molecule has 0 bridgehead atoms. The Morgan fingerprint density at radius 3 is 2.77 bits per heavy atom. The first-order valence-corrected chi connectivity index (χ1v) is 8.75. The molecule has 0 aromatic carbocycles. The second-order valence-electron chi connectivity index (χ2n) is 6.56. The average Bonchev–Trinajstić information content (AvgIpc) is 2.69. The highest BCUT2D eigenvalue weighted by Crippen LogP contribution is 2.26. The van der Waals surface area contributed by atoms with Crippen LogP contribution in [0.4, 0.5) is 5.82 Å². The summed E-state index contributed by atoms with van der Waals surface area (Å²) in [6.45, 7) is 5.62. The lowest BCUT2D eigenvalue weighted by Gasteiger charge is -2.32. The second-order valence-corrected chi connectivity index (χ2v) is 6.56. The molecule has 0 saturated carbocycles. The molecule has 3 heterocycles. The van der Waals surface area contributed by atoms with Gasteiger partial charge in [0.2, 0.25) is 5.91 Å². The molecule has 1 fully saturated rings. The number of nitriles is 1. The summed E-state index contributed by atoms with van der Waals surface area (Å²) < 4.78 is 0. The zero-order valence-electron chi connectivity index (χ0n) is 15.1. The molecule has 3 rings (SSSR count). The van der Waals surface area contributed by atoms with E-state index < -0.39 is 0 Å². The number of aryl methyl sites for hydroxylation is 1. The average molecular weight is 350 g/mol. The molecule has 0 unspecified atom stereocenters. The third-order valence-corrected chi connectivity index (χ3v) is 4.90. The highest BCUT2D eigenvalue weighted by atomic mass is 16.1. The van der Waals surface area contributed by atoms with Gasteiger partial charge in [-0.1, -0.05) is 6.07 Å². The molecule has 26 heavy (non-hydrogen) atoms. The Morgan fingerprint density at radius 1 is 1.35 bits per heavy atom. The second kappa shape index (κ2) is 7.91. The SMILES string of the molecule is Cc1nnc(N2CCC(C(=O)NCc3cccnc3)CC2)c(C#N)c1C. The van der Waals surface area contributed by atoms with Crippen LogP contribution in [0.25, 0.3) is 0 Å². The van der Waals surface area contributed by atoms with E-state index in [1.165, 1.54) is 0 Å². The lowest BCUT2D eigenvalue weighted by molar-refractivity contribution is -0.125. The van der Waals surface area contributed by atoms with Gasteiger partial charge >= 0.3 is 0 Å². The minimum Gasteiger partial charge on any atom is -0.354 e. The maximum atomic E-state index is 12.4. The number of aromatic nitrogens is 3. The molecule has 1 amide bonds. The van der Waals surface area contributed by atoms with Gasteiger partial charge in [0, 0.05) is 37.9 Å². The summed E-state index contributed by atoms with van der Waals surface area (Å²) in [7, 11) is 0. The molecule has 1 aliphatic heterocycles. The summed E-state index contributed by atoms with van der Waals surface area (Å²) in [5, 5.41) is 20.8. The van der Waals surface area contributed by atoms with Crippen LogP contribution in [0.1, 0.15) is 35.2 Å². The van der Waals surface area contributed by atoms with Crippen LogP contribution in [-0.2, 0) is 11.3 Å². The molecule has 0 atom stereocenters. The van der Waals surface area contributed by atoms with E-state index in [4.69, 9.17) is 0 Å². The van der Waals surface area contributed by atoms with Crippen molar-refractivity contribution < 1.29 is 4.79 Å². The van der Waals surface area contributed by atoms with E-state index in [1.807, 2.05) is 26.0 Å². The summed E-state index contributed by atoms with van der Waals surface area (Å²) in [4.78, 5) is 18.5. The van der Waals surface area contributed by atoms with Gasteiger partial charge in [0.05, 0.1) is 5.69 Å². The number of rotatable bonds is 4. The van der Waals surface area contributed by atoms with Crippen molar-refractivity contribution in [2.24, 2.45) is 5.92 Å². The summed E-state index contributed by atoms with van der Waals surface area (Å²) in [5.41, 5.74) is 3.21. The van der Waals surface area contributed by atoms with E-state index in [0.29, 0.717) is 31.0 Å². The minimum absolute atomic E-state index is 0.0204. The van der Waals surface area contributed by atoms with Gasteiger partial charge in [-0.15, -0.1) is 5.10 Å². The van der Waals surface area contributed by atoms with E-state index in [-0.39, 0.29) is 11.8 Å². The number of amides is 1. The highest BCUT2D eigenvalue weighted by molar-refractivity contribution is 5.79. The third kappa shape index (κ3) is 3.80. The Labute approximate surface area is 153 Å². The van der Waals surface area contributed by atoms with Gasteiger partial charge in [-0.3, -0.25) is 9.78 Å². The zero-order valence-corrected chi connectivity index (χ0v) is 15.1. The molecule has 2 aromatic rings. The van der Waals surface area contributed by atoms with Crippen LogP contribution in [0.3, 0.4) is 0 Å². The first-order chi connectivity index (χ1) is 12.6. The summed E-state index contributed by atoms with van der Waals surface area (Å²) in [6.07, 6.45) is 4.94. The Hall–Kier alpha value is -3.01. The summed E-state index contributed by atoms with van der Waals surface area (Å²) >= 11 is 0. The van der Waals surface area contributed by atoms with Crippen molar-refractivity contribution in [3.05, 3.63) is 46.9 Å². The zero-order chi connectivity index (χ0) is 18.5. The molecule has 1 saturated heterocycles. The van der Waals surface area contributed by atoms with Crippen molar-refractivity contribution in [2.75, 3.05) is 18.0 Å². The lowest BCUT2D eigenvalue weighted by Crippen LogP contribution is -2.41. The Kier molecular flexibility index (Phi) is 5.42. The monoisotopic (exact) mass is 350 g/mol. The molecule has 2 aromatic heterocycles. The number of carbonyl (C=O) groups excluding carboxylic acids is 1. The van der Waals surface area contributed by atoms with E-state index in [0.717, 1.165) is 29.7 Å². The van der Waals surface area contributed by atoms with Crippen LogP contribution in [0, 0.1) is 31.1 Å². The number of nitrogens with one attached hydrogen (secondary N) is 1. The van der Waals surface area contributed by atoms with Crippen molar-refractivity contribution in [1.29, 1.82) is 5.26 Å². The predicted molar refractivity (Wildman–Crippen MR) is 97.2 cm³/mol. The molecule has 0 radical (unpaired) electrons. The molecule has 1 N–H and O–H groups in total. The summed E-state index contributed by atoms with van der Waals surface area (Å²) in [6, 6.07) is 6.05. The predicted octanol–water partition coefficient (Wildman–Crippen LogP) is 1.89. The van der Waals surface area contributed by atoms with Crippen LogP contribution in [0.15, 0.2) is 24.5 Å².